The fourth-order valence-corrected chi connectivity index (χ4v) is 1.74. The monoisotopic (exact) mass is 222 g/mol. The van der Waals surface area contributed by atoms with Crippen LogP contribution >= 0.6 is 0 Å². The molecule has 2 nitrogen and oxygen atoms in total. The molecule has 2 aromatic rings. The highest BCUT2D eigenvalue weighted by Gasteiger charge is 2.00. The Morgan fingerprint density at radius 1 is 1.12 bits per heavy atom. The summed E-state index contributed by atoms with van der Waals surface area (Å²) in [7, 11) is 0. The summed E-state index contributed by atoms with van der Waals surface area (Å²) < 4.78 is 0. The van der Waals surface area contributed by atoms with Gasteiger partial charge in [-0.1, -0.05) is 30.3 Å². The van der Waals surface area contributed by atoms with Crippen molar-refractivity contribution in [2.24, 2.45) is 0 Å². The maximum atomic E-state index is 8.98. The van der Waals surface area contributed by atoms with Crippen molar-refractivity contribution in [1.29, 1.82) is 5.26 Å². The number of hydrogen-bond acceptors (Lipinski definition) is 2. The molecule has 0 fully saturated rings. The molecule has 0 bridgehead atoms. The molecule has 0 aliphatic heterocycles. The van der Waals surface area contributed by atoms with Crippen LogP contribution in [0.2, 0.25) is 0 Å². The minimum atomic E-state index is 0.674. The van der Waals surface area contributed by atoms with Gasteiger partial charge in [-0.15, -0.1) is 0 Å². The number of anilines is 1. The molecule has 0 saturated heterocycles. The Morgan fingerprint density at radius 3 is 2.71 bits per heavy atom. The summed E-state index contributed by atoms with van der Waals surface area (Å²) in [6.45, 7) is 2.74. The first-order chi connectivity index (χ1) is 8.29. The highest BCUT2D eigenvalue weighted by atomic mass is 14.9. The Kier molecular flexibility index (Phi) is 3.42. The van der Waals surface area contributed by atoms with Gasteiger partial charge in [-0.2, -0.15) is 5.26 Å². The third-order valence-corrected chi connectivity index (χ3v) is 2.64. The van der Waals surface area contributed by atoms with Crippen LogP contribution < -0.4 is 5.32 Å². The van der Waals surface area contributed by atoms with Gasteiger partial charge in [-0.25, -0.2) is 0 Å². The van der Waals surface area contributed by atoms with E-state index in [4.69, 9.17) is 5.26 Å². The average Bonchev–Trinajstić information content (AvgIpc) is 2.37. The van der Waals surface area contributed by atoms with Crippen LogP contribution in [0.5, 0.6) is 0 Å². The fraction of sp³-hybridized carbons (Fsp3) is 0.133. The molecule has 84 valence electrons. The third-order valence-electron chi connectivity index (χ3n) is 2.64. The third kappa shape index (κ3) is 2.85. The van der Waals surface area contributed by atoms with Crippen molar-refractivity contribution in [3.05, 3.63) is 65.2 Å². The summed E-state index contributed by atoms with van der Waals surface area (Å²) in [6, 6.07) is 18.1. The zero-order valence-corrected chi connectivity index (χ0v) is 9.77. The lowest BCUT2D eigenvalue weighted by Crippen LogP contribution is -2.01. The minimum Gasteiger partial charge on any atom is -0.381 e. The molecule has 0 aromatic heterocycles. The average molecular weight is 222 g/mol. The molecule has 0 spiro atoms. The predicted molar refractivity (Wildman–Crippen MR) is 69.7 cm³/mol. The highest BCUT2D eigenvalue weighted by molar-refractivity contribution is 5.47. The van der Waals surface area contributed by atoms with Crippen molar-refractivity contribution >= 4 is 5.69 Å². The minimum absolute atomic E-state index is 0.674. The summed E-state index contributed by atoms with van der Waals surface area (Å²) in [4.78, 5) is 0. The van der Waals surface area contributed by atoms with Crippen LogP contribution in [-0.2, 0) is 6.54 Å². The molecule has 0 amide bonds. The fourth-order valence-electron chi connectivity index (χ4n) is 1.74. The SMILES string of the molecule is Cc1cccc(NCc2ccccc2C#N)c1. The molecule has 0 atom stereocenters. The van der Waals surface area contributed by atoms with Crippen LogP contribution in [0.1, 0.15) is 16.7 Å². The summed E-state index contributed by atoms with van der Waals surface area (Å²) >= 11 is 0. The van der Waals surface area contributed by atoms with E-state index in [1.54, 1.807) is 0 Å². The van der Waals surface area contributed by atoms with Gasteiger partial charge in [0.15, 0.2) is 0 Å². The van der Waals surface area contributed by atoms with Crippen molar-refractivity contribution < 1.29 is 0 Å². The normalized spacial score (nSPS) is 9.65. The summed E-state index contributed by atoms with van der Waals surface area (Å²) in [5.74, 6) is 0. The van der Waals surface area contributed by atoms with Crippen LogP contribution in [0.25, 0.3) is 0 Å². The number of hydrogen-bond donors (Lipinski definition) is 1. The Labute approximate surface area is 102 Å². The van der Waals surface area contributed by atoms with Gasteiger partial charge in [0.2, 0.25) is 0 Å². The van der Waals surface area contributed by atoms with Gasteiger partial charge in [0, 0.05) is 12.2 Å². The topological polar surface area (TPSA) is 35.8 Å². The van der Waals surface area contributed by atoms with Crippen LogP contribution in [0.4, 0.5) is 5.69 Å². The number of nitrogens with zero attached hydrogens (tertiary/aromatic N) is 1. The van der Waals surface area contributed by atoms with Crippen molar-refractivity contribution in [1.82, 2.24) is 0 Å². The molecule has 1 N–H and O–H groups in total. The summed E-state index contributed by atoms with van der Waals surface area (Å²) in [6.07, 6.45) is 0. The second kappa shape index (κ2) is 5.18. The largest absolute Gasteiger partial charge is 0.381 e. The van der Waals surface area contributed by atoms with Crippen LogP contribution in [0, 0.1) is 18.3 Å². The molecule has 0 aliphatic carbocycles. The lowest BCUT2D eigenvalue weighted by Gasteiger charge is -2.08. The smallest absolute Gasteiger partial charge is 0.0995 e. The van der Waals surface area contributed by atoms with E-state index < -0.39 is 0 Å². The highest BCUT2D eigenvalue weighted by Crippen LogP contribution is 2.13. The molecule has 0 saturated carbocycles. The number of benzene rings is 2. The van der Waals surface area contributed by atoms with Crippen molar-refractivity contribution in [2.45, 2.75) is 13.5 Å². The zero-order chi connectivity index (χ0) is 12.1. The Balaban J connectivity index is 2.10. The first-order valence-corrected chi connectivity index (χ1v) is 5.58. The van der Waals surface area contributed by atoms with Gasteiger partial charge >= 0.3 is 0 Å². The summed E-state index contributed by atoms with van der Waals surface area (Å²) in [5.41, 5.74) is 4.06. The van der Waals surface area contributed by atoms with Gasteiger partial charge in [0.1, 0.15) is 0 Å². The van der Waals surface area contributed by atoms with E-state index in [1.807, 2.05) is 36.4 Å². The maximum absolute atomic E-state index is 8.98. The van der Waals surface area contributed by atoms with Gasteiger partial charge in [-0.3, -0.25) is 0 Å². The molecule has 17 heavy (non-hydrogen) atoms. The molecule has 0 unspecified atom stereocenters. The standard InChI is InChI=1S/C15H14N2/c1-12-5-4-8-15(9-12)17-11-14-7-3-2-6-13(14)10-16/h2-9,17H,11H2,1H3. The Bertz CT molecular complexity index is 553. The molecular formula is C15H14N2. The Morgan fingerprint density at radius 2 is 1.94 bits per heavy atom. The van der Waals surface area contributed by atoms with Gasteiger partial charge in [0.25, 0.3) is 0 Å². The number of nitrogens with one attached hydrogen (secondary N) is 1. The van der Waals surface area contributed by atoms with Gasteiger partial charge < -0.3 is 5.32 Å². The quantitative estimate of drug-likeness (QED) is 0.863. The van der Waals surface area contributed by atoms with E-state index in [0.29, 0.717) is 6.54 Å². The van der Waals surface area contributed by atoms with Crippen LogP contribution in [0.3, 0.4) is 0 Å². The molecule has 2 heteroatoms. The molecule has 2 rings (SSSR count). The van der Waals surface area contributed by atoms with E-state index in [2.05, 4.69) is 30.4 Å². The van der Waals surface area contributed by atoms with E-state index in [0.717, 1.165) is 16.8 Å². The predicted octanol–water partition coefficient (Wildman–Crippen LogP) is 3.48. The second-order valence-electron chi connectivity index (χ2n) is 3.99. The Hall–Kier alpha value is -2.27. The van der Waals surface area contributed by atoms with Crippen LogP contribution in [-0.4, -0.2) is 0 Å². The first kappa shape index (κ1) is 11.2. The number of nitriles is 1. The molecule has 0 radical (unpaired) electrons. The maximum Gasteiger partial charge on any atom is 0.0995 e. The van der Waals surface area contributed by atoms with Crippen molar-refractivity contribution in [2.75, 3.05) is 5.32 Å². The number of aryl methyl sites for hydroxylation is 1. The number of rotatable bonds is 3. The van der Waals surface area contributed by atoms with Crippen molar-refractivity contribution in [3.8, 4) is 6.07 Å². The van der Waals surface area contributed by atoms with E-state index >= 15 is 0 Å². The van der Waals surface area contributed by atoms with Gasteiger partial charge in [-0.05, 0) is 36.2 Å². The zero-order valence-electron chi connectivity index (χ0n) is 9.77. The first-order valence-electron chi connectivity index (χ1n) is 5.58. The van der Waals surface area contributed by atoms with Crippen LogP contribution in [0.15, 0.2) is 48.5 Å². The molecule has 2 aromatic carbocycles. The molecule has 0 heterocycles. The van der Waals surface area contributed by atoms with E-state index in [1.165, 1.54) is 5.56 Å². The van der Waals surface area contributed by atoms with E-state index in [9.17, 15) is 0 Å². The molecular weight excluding hydrogens is 208 g/mol. The van der Waals surface area contributed by atoms with Crippen molar-refractivity contribution in [3.63, 3.8) is 0 Å². The summed E-state index contributed by atoms with van der Waals surface area (Å²) in [5, 5.41) is 12.3. The lowest BCUT2D eigenvalue weighted by atomic mass is 10.1. The molecule has 0 aliphatic rings. The van der Waals surface area contributed by atoms with Gasteiger partial charge in [0.05, 0.1) is 11.6 Å². The second-order valence-corrected chi connectivity index (χ2v) is 3.99. The van der Waals surface area contributed by atoms with E-state index in [-0.39, 0.29) is 0 Å². The lowest BCUT2D eigenvalue weighted by molar-refractivity contribution is 1.13.